The Hall–Kier alpha value is -3.20. The first-order chi connectivity index (χ1) is 14.1. The Morgan fingerprint density at radius 3 is 2.70 bits per heavy atom. The third-order valence-corrected chi connectivity index (χ3v) is 5.36. The largest absolute Gasteiger partial charge is 0.394 e. The summed E-state index contributed by atoms with van der Waals surface area (Å²) in [5, 5.41) is 17.9. The molecular weight excluding hydrogens is 391 g/mol. The van der Waals surface area contributed by atoms with Crippen LogP contribution in [0.15, 0.2) is 35.5 Å². The summed E-state index contributed by atoms with van der Waals surface area (Å²) in [6, 6.07) is 2.66. The molecule has 0 aliphatic carbocycles. The van der Waals surface area contributed by atoms with Crippen LogP contribution >= 0.6 is 0 Å². The van der Waals surface area contributed by atoms with Gasteiger partial charge in [-0.15, -0.1) is 0 Å². The monoisotopic (exact) mass is 416 g/mol. The van der Waals surface area contributed by atoms with Gasteiger partial charge in [-0.2, -0.15) is 0 Å². The lowest BCUT2D eigenvalue weighted by atomic mass is 9.93. The van der Waals surface area contributed by atoms with Crippen LogP contribution in [0.25, 0.3) is 5.57 Å². The number of fused-ring (bicyclic) bond motifs is 1. The van der Waals surface area contributed by atoms with E-state index in [1.54, 1.807) is 13.0 Å². The van der Waals surface area contributed by atoms with Gasteiger partial charge in [0, 0.05) is 48.1 Å². The first-order valence-electron chi connectivity index (χ1n) is 9.57. The Morgan fingerprint density at radius 2 is 2.07 bits per heavy atom. The molecule has 0 fully saturated rings. The Morgan fingerprint density at radius 1 is 1.37 bits per heavy atom. The molecule has 2 aliphatic heterocycles. The molecule has 0 aromatic heterocycles. The summed E-state index contributed by atoms with van der Waals surface area (Å²) in [6.45, 7) is 3.03. The molecule has 0 bridgehead atoms. The van der Waals surface area contributed by atoms with Crippen molar-refractivity contribution in [2.75, 3.05) is 26.0 Å². The van der Waals surface area contributed by atoms with Gasteiger partial charge in [0.2, 0.25) is 11.8 Å². The van der Waals surface area contributed by atoms with E-state index in [1.807, 2.05) is 6.92 Å². The molecule has 3 atom stereocenters. The maximum atomic E-state index is 13.7. The summed E-state index contributed by atoms with van der Waals surface area (Å²) >= 11 is 0. The van der Waals surface area contributed by atoms with Gasteiger partial charge >= 0.3 is 0 Å². The number of carbonyl (C=O) groups excluding carboxylic acids is 3. The summed E-state index contributed by atoms with van der Waals surface area (Å²) < 4.78 is 13.7. The molecular formula is C21H25FN4O4. The van der Waals surface area contributed by atoms with E-state index in [9.17, 15) is 23.9 Å². The van der Waals surface area contributed by atoms with Gasteiger partial charge in [-0.05, 0) is 31.2 Å². The Kier molecular flexibility index (Phi) is 5.93. The van der Waals surface area contributed by atoms with Gasteiger partial charge < -0.3 is 26.0 Å². The van der Waals surface area contributed by atoms with E-state index < -0.39 is 30.3 Å². The number of anilines is 1. The predicted molar refractivity (Wildman–Crippen MR) is 110 cm³/mol. The van der Waals surface area contributed by atoms with Gasteiger partial charge in [-0.25, -0.2) is 4.39 Å². The van der Waals surface area contributed by atoms with Crippen LogP contribution in [0, 0.1) is 11.7 Å². The molecule has 9 heteroatoms. The highest BCUT2D eigenvalue weighted by Crippen LogP contribution is 2.35. The second kappa shape index (κ2) is 8.27. The van der Waals surface area contributed by atoms with Crippen LogP contribution in [0.4, 0.5) is 10.1 Å². The average molecular weight is 416 g/mol. The topological polar surface area (TPSA) is 111 Å². The lowest BCUT2D eigenvalue weighted by molar-refractivity contribution is -0.134. The van der Waals surface area contributed by atoms with Crippen molar-refractivity contribution in [1.82, 2.24) is 15.5 Å². The molecule has 2 aliphatic rings. The third-order valence-electron chi connectivity index (χ3n) is 5.36. The molecule has 0 saturated heterocycles. The number of amides is 3. The fourth-order valence-electron chi connectivity index (χ4n) is 3.78. The summed E-state index contributed by atoms with van der Waals surface area (Å²) in [4.78, 5) is 38.6. The maximum absolute atomic E-state index is 13.7. The van der Waals surface area contributed by atoms with Crippen LogP contribution in [-0.4, -0.2) is 60.5 Å². The molecule has 0 saturated carbocycles. The number of benzene rings is 1. The summed E-state index contributed by atoms with van der Waals surface area (Å²) in [5.74, 6) is -1.99. The Balaban J connectivity index is 1.81. The zero-order valence-electron chi connectivity index (χ0n) is 17.2. The van der Waals surface area contributed by atoms with Gasteiger partial charge in [0.1, 0.15) is 11.9 Å². The summed E-state index contributed by atoms with van der Waals surface area (Å²) in [7, 11) is 3.08. The van der Waals surface area contributed by atoms with E-state index in [-0.39, 0.29) is 17.9 Å². The normalized spacial score (nSPS) is 22.5. The molecule has 3 unspecified atom stereocenters. The highest BCUT2D eigenvalue weighted by Gasteiger charge is 2.36. The fourth-order valence-corrected chi connectivity index (χ4v) is 3.78. The number of aliphatic hydroxyl groups excluding tert-OH is 1. The molecule has 1 aromatic carbocycles. The van der Waals surface area contributed by atoms with Crippen LogP contribution in [0.3, 0.4) is 0 Å². The number of likely N-dealkylation sites (N-methyl/N-ethyl adjacent to an activating group) is 1. The number of nitrogens with one attached hydrogen (secondary N) is 3. The van der Waals surface area contributed by atoms with Crippen molar-refractivity contribution >= 4 is 29.0 Å². The smallest absolute Gasteiger partial charge is 0.256 e. The van der Waals surface area contributed by atoms with Gasteiger partial charge in [0.05, 0.1) is 12.6 Å². The SMILES string of the molecule is CC1=C(C(=O)NC(CO)C(=O)N(C)C)C(C)C(/C=C2\C(=O)Nc3ccc(F)cc32)N1. The Bertz CT molecular complexity index is 970. The summed E-state index contributed by atoms with van der Waals surface area (Å²) in [5.41, 5.74) is 2.38. The van der Waals surface area contributed by atoms with Crippen molar-refractivity contribution in [1.29, 1.82) is 0 Å². The lowest BCUT2D eigenvalue weighted by Gasteiger charge is -2.21. The van der Waals surface area contributed by atoms with Crippen molar-refractivity contribution in [2.24, 2.45) is 5.92 Å². The molecule has 8 nitrogen and oxygen atoms in total. The van der Waals surface area contributed by atoms with E-state index in [0.29, 0.717) is 28.1 Å². The van der Waals surface area contributed by atoms with Gasteiger partial charge in [-0.1, -0.05) is 6.92 Å². The second-order valence-corrected chi connectivity index (χ2v) is 7.66. The number of allylic oxidation sites excluding steroid dienone is 1. The highest BCUT2D eigenvalue weighted by atomic mass is 19.1. The molecule has 160 valence electrons. The molecule has 4 N–H and O–H groups in total. The van der Waals surface area contributed by atoms with E-state index in [1.165, 1.54) is 37.2 Å². The van der Waals surface area contributed by atoms with Crippen molar-refractivity contribution in [3.8, 4) is 0 Å². The van der Waals surface area contributed by atoms with Crippen LogP contribution in [0.5, 0.6) is 0 Å². The van der Waals surface area contributed by atoms with Crippen LogP contribution in [-0.2, 0) is 14.4 Å². The molecule has 3 amide bonds. The molecule has 30 heavy (non-hydrogen) atoms. The van der Waals surface area contributed by atoms with E-state index >= 15 is 0 Å². The highest BCUT2D eigenvalue weighted by molar-refractivity contribution is 6.31. The zero-order valence-corrected chi connectivity index (χ0v) is 17.2. The van der Waals surface area contributed by atoms with Crippen molar-refractivity contribution < 1.29 is 23.9 Å². The van der Waals surface area contributed by atoms with Crippen LogP contribution in [0.2, 0.25) is 0 Å². The Labute approximate surface area is 173 Å². The number of hydrogen-bond acceptors (Lipinski definition) is 5. The van der Waals surface area contributed by atoms with E-state index in [0.717, 1.165) is 0 Å². The van der Waals surface area contributed by atoms with Crippen molar-refractivity contribution in [3.05, 3.63) is 46.9 Å². The minimum atomic E-state index is -1.05. The van der Waals surface area contributed by atoms with Crippen LogP contribution < -0.4 is 16.0 Å². The molecule has 0 spiro atoms. The number of rotatable bonds is 5. The number of carbonyl (C=O) groups is 3. The molecule has 0 radical (unpaired) electrons. The summed E-state index contributed by atoms with van der Waals surface area (Å²) in [6.07, 6.45) is 1.68. The number of halogens is 1. The van der Waals surface area contributed by atoms with Crippen molar-refractivity contribution in [2.45, 2.75) is 25.9 Å². The molecule has 1 aromatic rings. The number of hydrogen-bond donors (Lipinski definition) is 4. The minimum Gasteiger partial charge on any atom is -0.394 e. The fraction of sp³-hybridized carbons (Fsp3) is 0.381. The molecule has 3 rings (SSSR count). The van der Waals surface area contributed by atoms with Gasteiger partial charge in [0.15, 0.2) is 0 Å². The standard InChI is InChI=1S/C21H25FN4O4/c1-10-16(8-14-13-7-12(22)5-6-15(13)24-19(14)28)23-11(2)18(10)20(29)25-17(9-27)21(30)26(3)4/h5-8,10,16-17,23,27H,9H2,1-4H3,(H,24,28)(H,25,29)/b14-8-. The van der Waals surface area contributed by atoms with E-state index in [2.05, 4.69) is 16.0 Å². The first kappa shape index (κ1) is 21.5. The average Bonchev–Trinajstić information content (AvgIpc) is 3.14. The quantitative estimate of drug-likeness (QED) is 0.526. The number of aliphatic hydroxyl groups is 1. The maximum Gasteiger partial charge on any atom is 0.256 e. The van der Waals surface area contributed by atoms with E-state index in [4.69, 9.17) is 0 Å². The zero-order chi connectivity index (χ0) is 22.2. The minimum absolute atomic E-state index is 0.322. The van der Waals surface area contributed by atoms with Crippen LogP contribution in [0.1, 0.15) is 19.4 Å². The first-order valence-corrected chi connectivity index (χ1v) is 9.57. The number of nitrogens with zero attached hydrogens (tertiary/aromatic N) is 1. The van der Waals surface area contributed by atoms with Crippen molar-refractivity contribution in [3.63, 3.8) is 0 Å². The lowest BCUT2D eigenvalue weighted by Crippen LogP contribution is -2.49. The third kappa shape index (κ3) is 3.93. The van der Waals surface area contributed by atoms with Gasteiger partial charge in [0.25, 0.3) is 5.91 Å². The second-order valence-electron chi connectivity index (χ2n) is 7.66. The van der Waals surface area contributed by atoms with Gasteiger partial charge in [-0.3, -0.25) is 14.4 Å². The molecule has 2 heterocycles. The predicted octanol–water partition coefficient (Wildman–Crippen LogP) is 0.608.